The van der Waals surface area contributed by atoms with Crippen molar-refractivity contribution in [3.05, 3.63) is 75.3 Å². The Balaban J connectivity index is 1.90. The smallest absolute Gasteiger partial charge is 0.335 e. The molecule has 0 amide bonds. The monoisotopic (exact) mass is 460 g/mol. The van der Waals surface area contributed by atoms with Crippen molar-refractivity contribution in [2.75, 3.05) is 19.8 Å². The summed E-state index contributed by atoms with van der Waals surface area (Å²) >= 11 is 12.0. The number of carbonyl (C=O) groups is 1. The Labute approximate surface area is 194 Å². The van der Waals surface area contributed by atoms with Crippen molar-refractivity contribution in [1.82, 2.24) is 0 Å². The summed E-state index contributed by atoms with van der Waals surface area (Å²) in [5.74, 6) is 6.48. The van der Waals surface area contributed by atoms with Crippen LogP contribution in [0.5, 0.6) is 5.75 Å². The van der Waals surface area contributed by atoms with E-state index in [1.165, 1.54) is 0 Å². The maximum atomic E-state index is 12.0. The zero-order valence-electron chi connectivity index (χ0n) is 17.9. The zero-order chi connectivity index (χ0) is 22.6. The van der Waals surface area contributed by atoms with Gasteiger partial charge in [0.05, 0.1) is 6.61 Å². The largest absolute Gasteiger partial charge is 0.490 e. The Morgan fingerprint density at radius 1 is 1.06 bits per heavy atom. The minimum atomic E-state index is -0.602. The molecule has 0 bridgehead atoms. The standard InChI is InChI=1S/C25H26Cl2O4/c1-4-29-24(25(28)30-5-2)16-19-8-10-23(11-9-19)31-13-12-18(3)6-7-20-14-21(26)17-22(27)15-20/h8-12,14-15,17,24H,4-5,13,16H2,1-3H3. The molecule has 0 aliphatic rings. The minimum Gasteiger partial charge on any atom is -0.490 e. The van der Waals surface area contributed by atoms with E-state index in [1.54, 1.807) is 25.1 Å². The number of allylic oxidation sites excluding steroid dienone is 1. The fourth-order valence-corrected chi connectivity index (χ4v) is 3.22. The molecule has 0 aliphatic carbocycles. The number of carbonyl (C=O) groups excluding carboxylic acids is 1. The molecule has 0 radical (unpaired) electrons. The molecular weight excluding hydrogens is 435 g/mol. The van der Waals surface area contributed by atoms with Crippen LogP contribution < -0.4 is 4.74 Å². The maximum Gasteiger partial charge on any atom is 0.335 e. The second kappa shape index (κ2) is 13.1. The molecule has 1 unspecified atom stereocenters. The first-order valence-corrected chi connectivity index (χ1v) is 10.8. The van der Waals surface area contributed by atoms with E-state index in [-0.39, 0.29) is 5.97 Å². The van der Waals surface area contributed by atoms with Crippen LogP contribution in [0.25, 0.3) is 0 Å². The molecule has 6 heteroatoms. The first-order chi connectivity index (χ1) is 14.9. The van der Waals surface area contributed by atoms with Gasteiger partial charge >= 0.3 is 5.97 Å². The third kappa shape index (κ3) is 9.06. The van der Waals surface area contributed by atoms with Crippen molar-refractivity contribution < 1.29 is 19.0 Å². The van der Waals surface area contributed by atoms with Gasteiger partial charge in [-0.2, -0.15) is 0 Å². The molecule has 2 aromatic rings. The molecule has 2 aromatic carbocycles. The molecule has 4 nitrogen and oxygen atoms in total. The van der Waals surface area contributed by atoms with E-state index in [0.29, 0.717) is 36.3 Å². The van der Waals surface area contributed by atoms with Gasteiger partial charge in [-0.25, -0.2) is 4.79 Å². The fraction of sp³-hybridized carbons (Fsp3) is 0.320. The van der Waals surface area contributed by atoms with Crippen LogP contribution in [0.1, 0.15) is 31.9 Å². The Morgan fingerprint density at radius 2 is 1.74 bits per heavy atom. The Morgan fingerprint density at radius 3 is 2.35 bits per heavy atom. The zero-order valence-corrected chi connectivity index (χ0v) is 19.4. The molecule has 0 spiro atoms. The summed E-state index contributed by atoms with van der Waals surface area (Å²) in [6.45, 7) is 6.72. The van der Waals surface area contributed by atoms with Crippen LogP contribution in [0, 0.1) is 11.8 Å². The van der Waals surface area contributed by atoms with Crippen molar-refractivity contribution in [3.8, 4) is 17.6 Å². The molecule has 2 rings (SSSR count). The third-order valence-corrected chi connectivity index (χ3v) is 4.60. The second-order valence-electron chi connectivity index (χ2n) is 6.65. The average Bonchev–Trinajstić information content (AvgIpc) is 2.72. The van der Waals surface area contributed by atoms with Gasteiger partial charge in [0.15, 0.2) is 6.10 Å². The van der Waals surface area contributed by atoms with E-state index in [9.17, 15) is 4.79 Å². The topological polar surface area (TPSA) is 44.8 Å². The minimum absolute atomic E-state index is 0.333. The maximum absolute atomic E-state index is 12.0. The summed E-state index contributed by atoms with van der Waals surface area (Å²) in [5, 5.41) is 1.11. The highest BCUT2D eigenvalue weighted by molar-refractivity contribution is 6.34. The number of esters is 1. The molecule has 0 aromatic heterocycles. The average molecular weight is 461 g/mol. The molecule has 0 saturated carbocycles. The third-order valence-electron chi connectivity index (χ3n) is 4.17. The van der Waals surface area contributed by atoms with Gasteiger partial charge in [-0.3, -0.25) is 0 Å². The number of hydrogen-bond donors (Lipinski definition) is 0. The van der Waals surface area contributed by atoms with Crippen molar-refractivity contribution in [3.63, 3.8) is 0 Å². The van der Waals surface area contributed by atoms with Crippen LogP contribution in [-0.4, -0.2) is 31.9 Å². The summed E-state index contributed by atoms with van der Waals surface area (Å²) < 4.78 is 16.3. The summed E-state index contributed by atoms with van der Waals surface area (Å²) in [6, 6.07) is 12.8. The van der Waals surface area contributed by atoms with Gasteiger partial charge in [-0.1, -0.05) is 47.2 Å². The van der Waals surface area contributed by atoms with Crippen LogP contribution in [0.3, 0.4) is 0 Å². The SMILES string of the molecule is CCOC(=O)C(Cc1ccc(OCC=C(C)C#Cc2cc(Cl)cc(Cl)c2)cc1)OCC. The van der Waals surface area contributed by atoms with Crippen molar-refractivity contribution in [1.29, 1.82) is 0 Å². The number of halogens is 2. The number of benzene rings is 2. The molecule has 31 heavy (non-hydrogen) atoms. The van der Waals surface area contributed by atoms with E-state index in [0.717, 1.165) is 22.4 Å². The van der Waals surface area contributed by atoms with E-state index in [2.05, 4.69) is 11.8 Å². The van der Waals surface area contributed by atoms with Crippen LogP contribution in [-0.2, 0) is 20.7 Å². The first kappa shape index (κ1) is 24.8. The number of rotatable bonds is 9. The predicted molar refractivity (Wildman–Crippen MR) is 125 cm³/mol. The van der Waals surface area contributed by atoms with Crippen LogP contribution in [0.4, 0.5) is 0 Å². The Bertz CT molecular complexity index is 935. The van der Waals surface area contributed by atoms with Crippen LogP contribution >= 0.6 is 23.2 Å². The summed E-state index contributed by atoms with van der Waals surface area (Å²) in [4.78, 5) is 12.0. The highest BCUT2D eigenvalue weighted by atomic mass is 35.5. The summed E-state index contributed by atoms with van der Waals surface area (Å²) in [6.07, 6.45) is 1.75. The van der Waals surface area contributed by atoms with Gasteiger partial charge in [0.1, 0.15) is 12.4 Å². The summed E-state index contributed by atoms with van der Waals surface area (Å²) in [7, 11) is 0. The fourth-order valence-electron chi connectivity index (χ4n) is 2.69. The van der Waals surface area contributed by atoms with E-state index in [1.807, 2.05) is 44.2 Å². The second-order valence-corrected chi connectivity index (χ2v) is 7.52. The van der Waals surface area contributed by atoms with Gasteiger partial charge in [0.25, 0.3) is 0 Å². The van der Waals surface area contributed by atoms with Gasteiger partial charge in [-0.05, 0) is 68.3 Å². The molecule has 0 aliphatic heterocycles. The Kier molecular flexibility index (Phi) is 10.5. The van der Waals surface area contributed by atoms with Crippen LogP contribution in [0.15, 0.2) is 54.1 Å². The highest BCUT2D eigenvalue weighted by Gasteiger charge is 2.20. The normalized spacial score (nSPS) is 12.0. The lowest BCUT2D eigenvalue weighted by molar-refractivity contribution is -0.156. The predicted octanol–water partition coefficient (Wildman–Crippen LogP) is 5.88. The van der Waals surface area contributed by atoms with E-state index < -0.39 is 6.10 Å². The van der Waals surface area contributed by atoms with Crippen molar-refractivity contribution in [2.45, 2.75) is 33.3 Å². The molecule has 0 heterocycles. The lowest BCUT2D eigenvalue weighted by Gasteiger charge is -2.15. The highest BCUT2D eigenvalue weighted by Crippen LogP contribution is 2.18. The lowest BCUT2D eigenvalue weighted by atomic mass is 10.1. The summed E-state index contributed by atoms with van der Waals surface area (Å²) in [5.41, 5.74) is 2.60. The van der Waals surface area contributed by atoms with Gasteiger partial charge in [0, 0.05) is 28.6 Å². The number of ether oxygens (including phenoxy) is 3. The van der Waals surface area contributed by atoms with Crippen molar-refractivity contribution >= 4 is 29.2 Å². The first-order valence-electron chi connectivity index (χ1n) is 10.1. The van der Waals surface area contributed by atoms with Crippen LogP contribution in [0.2, 0.25) is 10.0 Å². The molecule has 1 atom stereocenters. The van der Waals surface area contributed by atoms with E-state index >= 15 is 0 Å². The number of hydrogen-bond acceptors (Lipinski definition) is 4. The van der Waals surface area contributed by atoms with Gasteiger partial charge in [-0.15, -0.1) is 0 Å². The lowest BCUT2D eigenvalue weighted by Crippen LogP contribution is -2.28. The molecule has 0 N–H and O–H groups in total. The molecule has 0 fully saturated rings. The van der Waals surface area contributed by atoms with Gasteiger partial charge in [0.2, 0.25) is 0 Å². The molecular formula is C25H26Cl2O4. The van der Waals surface area contributed by atoms with Gasteiger partial charge < -0.3 is 14.2 Å². The quantitative estimate of drug-likeness (QED) is 0.346. The van der Waals surface area contributed by atoms with E-state index in [4.69, 9.17) is 37.4 Å². The van der Waals surface area contributed by atoms with Crippen molar-refractivity contribution in [2.24, 2.45) is 0 Å². The Hall–Kier alpha value is -2.45. The molecule has 164 valence electrons. The molecule has 0 saturated heterocycles.